The summed E-state index contributed by atoms with van der Waals surface area (Å²) in [6.45, 7) is 2.18. The van der Waals surface area contributed by atoms with Gasteiger partial charge in [-0.25, -0.2) is 0 Å². The summed E-state index contributed by atoms with van der Waals surface area (Å²) in [7, 11) is 0. The Hall–Kier alpha value is -9.48. The van der Waals surface area contributed by atoms with Crippen molar-refractivity contribution in [3.05, 3.63) is 301 Å². The summed E-state index contributed by atoms with van der Waals surface area (Å²) >= 11 is 1.84. The minimum atomic E-state index is -0.621. The van der Waals surface area contributed by atoms with Crippen molar-refractivity contribution in [2.75, 3.05) is 9.80 Å². The lowest BCUT2D eigenvalue weighted by molar-refractivity contribution is 0.669. The highest BCUT2D eigenvalue weighted by molar-refractivity contribution is 7.25. The first-order valence-corrected chi connectivity index (χ1v) is 26.9. The molecule has 1 aliphatic carbocycles. The minimum Gasteiger partial charge on any atom is -0.456 e. The second kappa shape index (κ2) is 17.6. The van der Waals surface area contributed by atoms with Crippen LogP contribution in [-0.4, -0.2) is 0 Å². The molecule has 0 amide bonds. The van der Waals surface area contributed by atoms with Crippen molar-refractivity contribution in [2.45, 2.75) is 12.3 Å². The van der Waals surface area contributed by atoms with E-state index in [1.165, 1.54) is 69.9 Å². The van der Waals surface area contributed by atoms with Gasteiger partial charge in [-0.3, -0.25) is 0 Å². The Morgan fingerprint density at radius 2 is 0.921 bits per heavy atom. The van der Waals surface area contributed by atoms with Crippen molar-refractivity contribution < 1.29 is 4.42 Å². The van der Waals surface area contributed by atoms with E-state index in [-0.39, 0.29) is 0 Å². The maximum Gasteiger partial charge on any atom is 0.137 e. The van der Waals surface area contributed by atoms with Gasteiger partial charge in [0, 0.05) is 71.1 Å². The first-order valence-electron chi connectivity index (χ1n) is 26.1. The molecule has 76 heavy (non-hydrogen) atoms. The number of fused-ring (bicyclic) bond motifs is 11. The van der Waals surface area contributed by atoms with Gasteiger partial charge < -0.3 is 14.2 Å². The highest BCUT2D eigenvalue weighted by Gasteiger charge is 2.47. The van der Waals surface area contributed by atoms with E-state index < -0.39 is 5.41 Å². The molecule has 12 aromatic carbocycles. The molecule has 1 unspecified atom stereocenters. The van der Waals surface area contributed by atoms with Crippen LogP contribution in [0.5, 0.6) is 0 Å². The third-order valence-electron chi connectivity index (χ3n) is 15.7. The van der Waals surface area contributed by atoms with Gasteiger partial charge in [-0.1, -0.05) is 181 Å². The first kappa shape index (κ1) is 44.0. The fourth-order valence-corrected chi connectivity index (χ4v) is 13.4. The number of aryl methyl sites for hydroxylation is 1. The summed E-state index contributed by atoms with van der Waals surface area (Å²) in [5, 5.41) is 7.19. The molecule has 4 heteroatoms. The van der Waals surface area contributed by atoms with E-state index in [1.807, 2.05) is 17.4 Å². The lowest BCUT2D eigenvalue weighted by Crippen LogP contribution is -2.29. The van der Waals surface area contributed by atoms with E-state index in [0.29, 0.717) is 0 Å². The molecule has 0 saturated heterocycles. The monoisotopic (exact) mass is 988 g/mol. The summed E-state index contributed by atoms with van der Waals surface area (Å²) in [6.07, 6.45) is 0. The van der Waals surface area contributed by atoms with Crippen molar-refractivity contribution in [3.8, 4) is 22.3 Å². The average molecular weight is 989 g/mol. The van der Waals surface area contributed by atoms with E-state index in [4.69, 9.17) is 4.42 Å². The summed E-state index contributed by atoms with van der Waals surface area (Å²) in [5.41, 5.74) is 18.4. The zero-order valence-corrected chi connectivity index (χ0v) is 42.5. The molecule has 14 aromatic rings. The summed E-state index contributed by atoms with van der Waals surface area (Å²) in [4.78, 5) is 4.81. The summed E-state index contributed by atoms with van der Waals surface area (Å²) in [6, 6.07) is 101. The Kier molecular flexibility index (Phi) is 10.2. The molecule has 0 aliphatic heterocycles. The molecule has 358 valence electrons. The molecule has 0 bridgehead atoms. The molecular formula is C72H48N2OS. The Morgan fingerprint density at radius 1 is 0.342 bits per heavy atom. The second-order valence-corrected chi connectivity index (χ2v) is 21.2. The fourth-order valence-electron chi connectivity index (χ4n) is 12.3. The third kappa shape index (κ3) is 6.95. The van der Waals surface area contributed by atoms with Gasteiger partial charge in [0.05, 0.1) is 5.41 Å². The van der Waals surface area contributed by atoms with E-state index in [1.54, 1.807) is 0 Å². The van der Waals surface area contributed by atoms with Gasteiger partial charge in [0.2, 0.25) is 0 Å². The third-order valence-corrected chi connectivity index (χ3v) is 16.9. The van der Waals surface area contributed by atoms with E-state index in [2.05, 4.69) is 284 Å². The lowest BCUT2D eigenvalue weighted by atomic mass is 9.66. The number of rotatable bonds is 9. The van der Waals surface area contributed by atoms with Crippen LogP contribution in [0.4, 0.5) is 34.1 Å². The van der Waals surface area contributed by atoms with Gasteiger partial charge in [-0.15, -0.1) is 11.3 Å². The summed E-state index contributed by atoms with van der Waals surface area (Å²) < 4.78 is 9.20. The molecule has 1 aliphatic rings. The second-order valence-electron chi connectivity index (χ2n) is 20.1. The molecule has 0 radical (unpaired) electrons. The topological polar surface area (TPSA) is 19.6 Å². The zero-order valence-electron chi connectivity index (χ0n) is 41.7. The van der Waals surface area contributed by atoms with Crippen LogP contribution in [0.2, 0.25) is 0 Å². The fraction of sp³-hybridized carbons (Fsp3) is 0.0278. The number of nitrogens with zero attached hydrogens (tertiary/aromatic N) is 2. The zero-order chi connectivity index (χ0) is 50.3. The Balaban J connectivity index is 1.02. The largest absolute Gasteiger partial charge is 0.456 e. The van der Waals surface area contributed by atoms with Crippen LogP contribution in [0.1, 0.15) is 27.8 Å². The van der Waals surface area contributed by atoms with Crippen LogP contribution in [0.25, 0.3) is 75.1 Å². The van der Waals surface area contributed by atoms with Gasteiger partial charge in [-0.2, -0.15) is 0 Å². The molecule has 15 rings (SSSR count). The Morgan fingerprint density at radius 3 is 1.68 bits per heavy atom. The first-order chi connectivity index (χ1) is 37.6. The molecule has 1 atom stereocenters. The van der Waals surface area contributed by atoms with Crippen molar-refractivity contribution >= 4 is 98.3 Å². The standard InChI is InChI=1S/C72H48N2OS/c1-47-29-33-52(34-30-47)72(51-18-5-2-6-19-51)66-43-49(32-37-60(66)64-38-31-48-17-11-12-24-59(48)71(64)72)50-41-57(73(53-20-7-3-8-21-53)54-22-9-4-10-23-54)44-58(42-50)74(55-36-40-70-65(45-55)63-26-14-16-28-69(63)76-70)56-35-39-62-61-25-13-15-27-67(61)75-68(62)46-56/h2-46H,1H3. The van der Waals surface area contributed by atoms with Gasteiger partial charge in [-0.05, 0) is 153 Å². The smallest absolute Gasteiger partial charge is 0.137 e. The van der Waals surface area contributed by atoms with Crippen LogP contribution in [0.15, 0.2) is 277 Å². The number of para-hydroxylation sites is 3. The van der Waals surface area contributed by atoms with Gasteiger partial charge in [0.1, 0.15) is 11.2 Å². The number of thiophene rings is 1. The predicted octanol–water partition coefficient (Wildman–Crippen LogP) is 20.4. The maximum atomic E-state index is 6.66. The average Bonchev–Trinajstić information content (AvgIpc) is 4.32. The van der Waals surface area contributed by atoms with Gasteiger partial charge in [0.15, 0.2) is 0 Å². The molecule has 0 N–H and O–H groups in total. The molecular weight excluding hydrogens is 941 g/mol. The van der Waals surface area contributed by atoms with Crippen LogP contribution in [0, 0.1) is 6.92 Å². The number of benzene rings is 12. The minimum absolute atomic E-state index is 0.621. The SMILES string of the molecule is Cc1ccc(C2(c3ccccc3)c3cc(-c4cc(N(c5ccccc5)c5ccccc5)cc(N(c5ccc6c(c5)oc5ccccc56)c5ccc6sc7ccccc7c6c5)c4)ccc3-c3ccc4ccccc4c32)cc1. The van der Waals surface area contributed by atoms with E-state index in [9.17, 15) is 0 Å². The molecule has 0 saturated carbocycles. The van der Waals surface area contributed by atoms with Crippen molar-refractivity contribution in [3.63, 3.8) is 0 Å². The predicted molar refractivity (Wildman–Crippen MR) is 321 cm³/mol. The van der Waals surface area contributed by atoms with E-state index in [0.717, 1.165) is 67.2 Å². The lowest BCUT2D eigenvalue weighted by Gasteiger charge is -2.35. The van der Waals surface area contributed by atoms with Crippen molar-refractivity contribution in [1.29, 1.82) is 0 Å². The van der Waals surface area contributed by atoms with Crippen LogP contribution >= 0.6 is 11.3 Å². The van der Waals surface area contributed by atoms with Gasteiger partial charge in [0.25, 0.3) is 0 Å². The van der Waals surface area contributed by atoms with Crippen LogP contribution in [0.3, 0.4) is 0 Å². The highest BCUT2D eigenvalue weighted by Crippen LogP contribution is 2.59. The number of furan rings is 1. The number of hydrogen-bond acceptors (Lipinski definition) is 4. The molecule has 3 nitrogen and oxygen atoms in total. The maximum absolute atomic E-state index is 6.66. The summed E-state index contributed by atoms with van der Waals surface area (Å²) in [5.74, 6) is 0. The van der Waals surface area contributed by atoms with Crippen molar-refractivity contribution in [1.82, 2.24) is 0 Å². The van der Waals surface area contributed by atoms with Crippen LogP contribution in [-0.2, 0) is 5.41 Å². The number of anilines is 6. The number of hydrogen-bond donors (Lipinski definition) is 0. The quantitative estimate of drug-likeness (QED) is 0.144. The van der Waals surface area contributed by atoms with Gasteiger partial charge >= 0.3 is 0 Å². The van der Waals surface area contributed by atoms with Crippen molar-refractivity contribution in [2.24, 2.45) is 0 Å². The molecule has 2 heterocycles. The molecule has 2 aromatic heterocycles. The van der Waals surface area contributed by atoms with Crippen LogP contribution < -0.4 is 9.80 Å². The van der Waals surface area contributed by atoms with E-state index >= 15 is 0 Å². The Bertz CT molecular complexity index is 4500. The highest BCUT2D eigenvalue weighted by atomic mass is 32.1. The molecule has 0 spiro atoms. The molecule has 0 fully saturated rings. The Labute approximate surface area is 445 Å². The normalized spacial score (nSPS) is 13.9.